The SMILES string of the molecule is CCOc1ccc2nc(-c3cccc(OCCCN4CCOCC4C)c3)nc(NC3CCOCC3)c2c1. The molecule has 0 amide bonds. The van der Waals surface area contributed by atoms with Gasteiger partial charge in [-0.15, -0.1) is 0 Å². The summed E-state index contributed by atoms with van der Waals surface area (Å²) >= 11 is 0. The van der Waals surface area contributed by atoms with Crippen molar-refractivity contribution in [3.63, 3.8) is 0 Å². The Kier molecular flexibility index (Phi) is 8.71. The molecule has 0 aliphatic carbocycles. The number of hydrogen-bond acceptors (Lipinski definition) is 8. The van der Waals surface area contributed by atoms with Crippen LogP contribution in [0.3, 0.4) is 0 Å². The largest absolute Gasteiger partial charge is 0.494 e. The number of aromatic nitrogens is 2. The summed E-state index contributed by atoms with van der Waals surface area (Å²) in [6, 6.07) is 14.9. The van der Waals surface area contributed by atoms with Crippen LogP contribution in [0.4, 0.5) is 5.82 Å². The van der Waals surface area contributed by atoms with Crippen LogP contribution in [-0.2, 0) is 9.47 Å². The smallest absolute Gasteiger partial charge is 0.162 e. The maximum atomic E-state index is 6.12. The molecule has 1 unspecified atom stereocenters. The second kappa shape index (κ2) is 12.5. The molecule has 0 radical (unpaired) electrons. The van der Waals surface area contributed by atoms with Gasteiger partial charge in [0.25, 0.3) is 0 Å². The van der Waals surface area contributed by atoms with E-state index in [1.807, 2.05) is 49.4 Å². The zero-order valence-electron chi connectivity index (χ0n) is 21.9. The molecule has 2 fully saturated rings. The van der Waals surface area contributed by atoms with E-state index in [4.69, 9.17) is 28.9 Å². The van der Waals surface area contributed by atoms with Crippen LogP contribution in [0.15, 0.2) is 42.5 Å². The highest BCUT2D eigenvalue weighted by atomic mass is 16.5. The first kappa shape index (κ1) is 25.7. The molecule has 1 atom stereocenters. The molecule has 2 aliphatic heterocycles. The van der Waals surface area contributed by atoms with Crippen LogP contribution in [0.2, 0.25) is 0 Å². The maximum absolute atomic E-state index is 6.12. The summed E-state index contributed by atoms with van der Waals surface area (Å²) in [5.74, 6) is 3.17. The summed E-state index contributed by atoms with van der Waals surface area (Å²) in [7, 11) is 0. The molecule has 1 N–H and O–H groups in total. The van der Waals surface area contributed by atoms with Crippen LogP contribution in [0, 0.1) is 0 Å². The number of fused-ring (bicyclic) bond motifs is 1. The van der Waals surface area contributed by atoms with E-state index in [1.54, 1.807) is 0 Å². The van der Waals surface area contributed by atoms with Crippen molar-refractivity contribution in [2.45, 2.75) is 45.2 Å². The Hall–Kier alpha value is -2.94. The van der Waals surface area contributed by atoms with Gasteiger partial charge in [-0.2, -0.15) is 0 Å². The first-order chi connectivity index (χ1) is 18.2. The molecule has 1 aromatic heterocycles. The van der Waals surface area contributed by atoms with Crippen molar-refractivity contribution in [3.05, 3.63) is 42.5 Å². The zero-order valence-corrected chi connectivity index (χ0v) is 21.9. The Morgan fingerprint density at radius 3 is 2.70 bits per heavy atom. The van der Waals surface area contributed by atoms with Crippen molar-refractivity contribution in [1.29, 1.82) is 0 Å². The minimum atomic E-state index is 0.319. The van der Waals surface area contributed by atoms with E-state index < -0.39 is 0 Å². The van der Waals surface area contributed by atoms with Gasteiger partial charge in [0, 0.05) is 49.3 Å². The molecule has 8 nitrogen and oxygen atoms in total. The van der Waals surface area contributed by atoms with Gasteiger partial charge in [0.1, 0.15) is 17.3 Å². The monoisotopic (exact) mass is 506 g/mol. The number of anilines is 1. The van der Waals surface area contributed by atoms with Gasteiger partial charge in [-0.3, -0.25) is 4.90 Å². The molecule has 198 valence electrons. The van der Waals surface area contributed by atoms with E-state index in [-0.39, 0.29) is 0 Å². The van der Waals surface area contributed by atoms with Gasteiger partial charge in [0.05, 0.1) is 31.9 Å². The van der Waals surface area contributed by atoms with E-state index in [0.29, 0.717) is 31.1 Å². The highest BCUT2D eigenvalue weighted by Gasteiger charge is 2.19. The maximum Gasteiger partial charge on any atom is 0.162 e. The number of nitrogens with zero attached hydrogens (tertiary/aromatic N) is 3. The Morgan fingerprint density at radius 2 is 1.86 bits per heavy atom. The molecule has 3 aromatic rings. The quantitative estimate of drug-likeness (QED) is 0.394. The molecule has 5 rings (SSSR count). The van der Waals surface area contributed by atoms with Crippen LogP contribution in [0.1, 0.15) is 33.1 Å². The van der Waals surface area contributed by atoms with Crippen LogP contribution in [-0.4, -0.2) is 79.7 Å². The van der Waals surface area contributed by atoms with Crippen LogP contribution < -0.4 is 14.8 Å². The fraction of sp³-hybridized carbons (Fsp3) is 0.517. The molecule has 37 heavy (non-hydrogen) atoms. The number of morpholine rings is 1. The summed E-state index contributed by atoms with van der Waals surface area (Å²) in [6.45, 7) is 10.7. The summed E-state index contributed by atoms with van der Waals surface area (Å²) < 4.78 is 23.0. The van der Waals surface area contributed by atoms with Crippen molar-refractivity contribution >= 4 is 16.7 Å². The second-order valence-corrected chi connectivity index (χ2v) is 9.73. The van der Waals surface area contributed by atoms with Gasteiger partial charge in [0.2, 0.25) is 0 Å². The lowest BCUT2D eigenvalue weighted by Gasteiger charge is -2.33. The van der Waals surface area contributed by atoms with Crippen LogP contribution in [0.5, 0.6) is 11.5 Å². The Labute approximate surface area is 219 Å². The predicted molar refractivity (Wildman–Crippen MR) is 146 cm³/mol. The molecular formula is C29H38N4O4. The summed E-state index contributed by atoms with van der Waals surface area (Å²) in [4.78, 5) is 12.4. The Bertz CT molecular complexity index is 1170. The lowest BCUT2D eigenvalue weighted by Crippen LogP contribution is -2.44. The van der Waals surface area contributed by atoms with E-state index in [1.165, 1.54) is 0 Å². The lowest BCUT2D eigenvalue weighted by molar-refractivity contribution is -0.00200. The normalized spacial score (nSPS) is 19.1. The van der Waals surface area contributed by atoms with E-state index in [9.17, 15) is 0 Å². The van der Waals surface area contributed by atoms with Crippen molar-refractivity contribution in [3.8, 4) is 22.9 Å². The highest BCUT2D eigenvalue weighted by molar-refractivity contribution is 5.91. The van der Waals surface area contributed by atoms with Crippen molar-refractivity contribution in [2.24, 2.45) is 0 Å². The zero-order chi connectivity index (χ0) is 25.5. The van der Waals surface area contributed by atoms with Crippen LogP contribution >= 0.6 is 0 Å². The average Bonchev–Trinajstić information content (AvgIpc) is 2.93. The van der Waals surface area contributed by atoms with Crippen LogP contribution in [0.25, 0.3) is 22.3 Å². The molecule has 2 saturated heterocycles. The number of rotatable bonds is 10. The van der Waals surface area contributed by atoms with Gasteiger partial charge in [-0.05, 0) is 63.4 Å². The number of hydrogen-bond donors (Lipinski definition) is 1. The van der Waals surface area contributed by atoms with Gasteiger partial charge >= 0.3 is 0 Å². The number of ether oxygens (including phenoxy) is 4. The van der Waals surface area contributed by atoms with Crippen molar-refractivity contribution in [1.82, 2.24) is 14.9 Å². The van der Waals surface area contributed by atoms with E-state index in [0.717, 1.165) is 92.6 Å². The summed E-state index contributed by atoms with van der Waals surface area (Å²) in [5.41, 5.74) is 1.82. The van der Waals surface area contributed by atoms with Gasteiger partial charge < -0.3 is 24.3 Å². The average molecular weight is 507 g/mol. The van der Waals surface area contributed by atoms with E-state index >= 15 is 0 Å². The molecule has 8 heteroatoms. The molecular weight excluding hydrogens is 468 g/mol. The van der Waals surface area contributed by atoms with Gasteiger partial charge in [-0.1, -0.05) is 12.1 Å². The number of benzene rings is 2. The topological polar surface area (TPSA) is 78.0 Å². The summed E-state index contributed by atoms with van der Waals surface area (Å²) in [5, 5.41) is 4.63. The lowest BCUT2D eigenvalue weighted by atomic mass is 10.1. The molecule has 2 aliphatic rings. The molecule has 2 aromatic carbocycles. The first-order valence-electron chi connectivity index (χ1n) is 13.5. The third kappa shape index (κ3) is 6.69. The fourth-order valence-corrected chi connectivity index (χ4v) is 4.91. The molecule has 0 spiro atoms. The summed E-state index contributed by atoms with van der Waals surface area (Å²) in [6.07, 6.45) is 2.89. The molecule has 3 heterocycles. The highest BCUT2D eigenvalue weighted by Crippen LogP contribution is 2.30. The van der Waals surface area contributed by atoms with Crippen molar-refractivity contribution in [2.75, 3.05) is 58.0 Å². The minimum Gasteiger partial charge on any atom is -0.494 e. The fourth-order valence-electron chi connectivity index (χ4n) is 4.91. The third-order valence-electron chi connectivity index (χ3n) is 7.00. The van der Waals surface area contributed by atoms with E-state index in [2.05, 4.69) is 17.1 Å². The van der Waals surface area contributed by atoms with Gasteiger partial charge in [0.15, 0.2) is 5.82 Å². The number of nitrogens with one attached hydrogen (secondary N) is 1. The minimum absolute atomic E-state index is 0.319. The Morgan fingerprint density at radius 1 is 1.00 bits per heavy atom. The molecule has 0 saturated carbocycles. The third-order valence-corrected chi connectivity index (χ3v) is 7.00. The molecule has 0 bridgehead atoms. The van der Waals surface area contributed by atoms with Gasteiger partial charge in [-0.25, -0.2) is 9.97 Å². The predicted octanol–water partition coefficient (Wildman–Crippen LogP) is 4.78. The first-order valence-corrected chi connectivity index (χ1v) is 13.5. The van der Waals surface area contributed by atoms with Crippen molar-refractivity contribution < 1.29 is 18.9 Å². The Balaban J connectivity index is 1.33. The standard InChI is InChI=1S/C29H38N4O4/c1-3-36-25-8-9-27-26(19-25)29(30-23-10-15-34-16-11-23)32-28(31-27)22-6-4-7-24(18-22)37-14-5-12-33-13-17-35-20-21(33)2/h4,6-9,18-19,21,23H,3,5,10-17,20H2,1-2H3,(H,30,31,32). The second-order valence-electron chi connectivity index (χ2n) is 9.73.